The van der Waals surface area contributed by atoms with Gasteiger partial charge in [-0.15, -0.1) is 0 Å². The van der Waals surface area contributed by atoms with E-state index in [1.807, 2.05) is 65.2 Å². The number of nitrogens with zero attached hydrogens (tertiary/aromatic N) is 3. The van der Waals surface area contributed by atoms with Crippen LogP contribution < -0.4 is 5.32 Å². The zero-order chi connectivity index (χ0) is 24.6. The van der Waals surface area contributed by atoms with Gasteiger partial charge in [-0.1, -0.05) is 60.2 Å². The molecule has 1 N–H and O–H groups in total. The van der Waals surface area contributed by atoms with Crippen molar-refractivity contribution >= 4 is 11.8 Å². The molecule has 0 atom stereocenters. The number of amides is 2. The number of aromatic nitrogens is 2. The second-order valence-electron chi connectivity index (χ2n) is 9.14. The van der Waals surface area contributed by atoms with E-state index in [0.29, 0.717) is 56.9 Å². The van der Waals surface area contributed by atoms with E-state index >= 15 is 0 Å². The Balaban J connectivity index is 1.47. The van der Waals surface area contributed by atoms with Gasteiger partial charge in [-0.3, -0.25) is 14.3 Å². The van der Waals surface area contributed by atoms with E-state index in [2.05, 4.69) is 17.4 Å². The summed E-state index contributed by atoms with van der Waals surface area (Å²) in [5.41, 5.74) is 4.52. The van der Waals surface area contributed by atoms with Gasteiger partial charge in [-0.25, -0.2) is 0 Å². The minimum atomic E-state index is -0.0565. The fourth-order valence-electron chi connectivity index (χ4n) is 4.44. The number of benzene rings is 2. The summed E-state index contributed by atoms with van der Waals surface area (Å²) in [5, 5.41) is 7.80. The third kappa shape index (κ3) is 6.36. The number of nitrogens with one attached hydrogen (secondary N) is 1. The van der Waals surface area contributed by atoms with Gasteiger partial charge in [0.1, 0.15) is 5.69 Å². The number of hydrogen-bond donors (Lipinski definition) is 1. The van der Waals surface area contributed by atoms with E-state index in [-0.39, 0.29) is 17.7 Å². The van der Waals surface area contributed by atoms with E-state index in [4.69, 9.17) is 9.84 Å². The van der Waals surface area contributed by atoms with Crippen molar-refractivity contribution in [3.8, 4) is 11.3 Å². The molecule has 1 aliphatic rings. The van der Waals surface area contributed by atoms with E-state index in [0.717, 1.165) is 23.1 Å². The summed E-state index contributed by atoms with van der Waals surface area (Å²) in [6.07, 6.45) is 3.99. The fraction of sp³-hybridized carbons (Fsp3) is 0.393. The average Bonchev–Trinajstić information content (AvgIpc) is 3.31. The topological polar surface area (TPSA) is 76.5 Å². The second kappa shape index (κ2) is 11.8. The number of carbonyl (C=O) groups excluding carboxylic acids is 2. The van der Waals surface area contributed by atoms with Gasteiger partial charge < -0.3 is 15.0 Å². The summed E-state index contributed by atoms with van der Waals surface area (Å²) in [6.45, 7) is 5.01. The maximum atomic E-state index is 13.6. The molecule has 4 rings (SSSR count). The lowest BCUT2D eigenvalue weighted by atomic mass is 9.95. The Morgan fingerprint density at radius 2 is 1.77 bits per heavy atom. The van der Waals surface area contributed by atoms with Crippen LogP contribution in [0.5, 0.6) is 0 Å². The zero-order valence-electron chi connectivity index (χ0n) is 20.6. The summed E-state index contributed by atoms with van der Waals surface area (Å²) < 4.78 is 6.88. The van der Waals surface area contributed by atoms with Crippen molar-refractivity contribution in [3.05, 3.63) is 77.5 Å². The Kier molecular flexibility index (Phi) is 8.32. The molecule has 7 nitrogen and oxygen atoms in total. The zero-order valence-corrected chi connectivity index (χ0v) is 20.6. The molecule has 0 bridgehead atoms. The van der Waals surface area contributed by atoms with Crippen LogP contribution in [0, 0.1) is 12.8 Å². The first-order valence-electron chi connectivity index (χ1n) is 12.3. The van der Waals surface area contributed by atoms with Crippen LogP contribution >= 0.6 is 0 Å². The maximum Gasteiger partial charge on any atom is 0.257 e. The highest BCUT2D eigenvalue weighted by Crippen LogP contribution is 2.26. The highest BCUT2D eigenvalue weighted by molar-refractivity contribution is 6.00. The lowest BCUT2D eigenvalue weighted by Gasteiger charge is -2.31. The molecule has 1 aromatic heterocycles. The Hall–Kier alpha value is -3.45. The molecule has 35 heavy (non-hydrogen) atoms. The van der Waals surface area contributed by atoms with Gasteiger partial charge in [0.15, 0.2) is 0 Å². The molecule has 3 aromatic rings. The maximum absolute atomic E-state index is 13.6. The van der Waals surface area contributed by atoms with Crippen LogP contribution in [0.4, 0.5) is 0 Å². The lowest BCUT2D eigenvalue weighted by Crippen LogP contribution is -2.43. The first kappa shape index (κ1) is 24.7. The van der Waals surface area contributed by atoms with Gasteiger partial charge in [0, 0.05) is 51.0 Å². The van der Waals surface area contributed by atoms with E-state index in [1.54, 1.807) is 7.11 Å². The highest BCUT2D eigenvalue weighted by atomic mass is 16.5. The Morgan fingerprint density at radius 3 is 2.46 bits per heavy atom. The molecule has 0 spiro atoms. The summed E-state index contributed by atoms with van der Waals surface area (Å²) in [7, 11) is 1.66. The quantitative estimate of drug-likeness (QED) is 0.477. The van der Waals surface area contributed by atoms with Crippen molar-refractivity contribution in [2.24, 2.45) is 5.92 Å². The van der Waals surface area contributed by atoms with Crippen LogP contribution in [0.3, 0.4) is 0 Å². The summed E-state index contributed by atoms with van der Waals surface area (Å²) >= 11 is 0. The van der Waals surface area contributed by atoms with Crippen molar-refractivity contribution in [2.75, 3.05) is 33.4 Å². The van der Waals surface area contributed by atoms with E-state index < -0.39 is 0 Å². The molecule has 2 heterocycles. The van der Waals surface area contributed by atoms with Crippen molar-refractivity contribution in [1.82, 2.24) is 20.0 Å². The average molecular weight is 475 g/mol. The Labute approximate surface area is 207 Å². The molecule has 2 amide bonds. The third-order valence-electron chi connectivity index (χ3n) is 6.48. The summed E-state index contributed by atoms with van der Waals surface area (Å²) in [5.74, 6) is -0.0120. The van der Waals surface area contributed by atoms with Gasteiger partial charge in [-0.05, 0) is 31.7 Å². The molecule has 1 fully saturated rings. The second-order valence-corrected chi connectivity index (χ2v) is 9.14. The van der Waals surface area contributed by atoms with Crippen molar-refractivity contribution in [1.29, 1.82) is 0 Å². The van der Waals surface area contributed by atoms with Crippen molar-refractivity contribution < 1.29 is 14.3 Å². The van der Waals surface area contributed by atoms with Crippen LogP contribution in [0.15, 0.2) is 60.8 Å². The smallest absolute Gasteiger partial charge is 0.257 e. The van der Waals surface area contributed by atoms with Gasteiger partial charge in [-0.2, -0.15) is 5.10 Å². The van der Waals surface area contributed by atoms with Gasteiger partial charge >= 0.3 is 0 Å². The van der Waals surface area contributed by atoms with Crippen LogP contribution in [0.2, 0.25) is 0 Å². The number of likely N-dealkylation sites (tertiary alicyclic amines) is 1. The minimum absolute atomic E-state index is 0.0289. The number of ether oxygens (including phenoxy) is 1. The number of hydrogen-bond acceptors (Lipinski definition) is 4. The monoisotopic (exact) mass is 474 g/mol. The van der Waals surface area contributed by atoms with Gasteiger partial charge in [0.25, 0.3) is 5.91 Å². The first-order valence-corrected chi connectivity index (χ1v) is 12.3. The molecular weight excluding hydrogens is 440 g/mol. The van der Waals surface area contributed by atoms with Crippen LogP contribution in [0.25, 0.3) is 11.3 Å². The number of piperidine rings is 1. The van der Waals surface area contributed by atoms with E-state index in [1.165, 1.54) is 0 Å². The van der Waals surface area contributed by atoms with Crippen molar-refractivity contribution in [3.63, 3.8) is 0 Å². The predicted octanol–water partition coefficient (Wildman–Crippen LogP) is 3.91. The molecule has 184 valence electrons. The van der Waals surface area contributed by atoms with Crippen LogP contribution in [-0.4, -0.2) is 59.8 Å². The molecular formula is C28H34N4O3. The molecule has 2 aromatic carbocycles. The normalized spacial score (nSPS) is 14.2. The van der Waals surface area contributed by atoms with Crippen LogP contribution in [0.1, 0.15) is 40.7 Å². The Bertz CT molecular complexity index is 1120. The molecule has 0 saturated carbocycles. The molecule has 0 unspecified atom stereocenters. The largest absolute Gasteiger partial charge is 0.385 e. The van der Waals surface area contributed by atoms with Gasteiger partial charge in [0.2, 0.25) is 5.91 Å². The summed E-state index contributed by atoms with van der Waals surface area (Å²) in [6, 6.07) is 18.2. The van der Waals surface area contributed by atoms with E-state index in [9.17, 15) is 9.59 Å². The molecule has 1 saturated heterocycles. The number of carbonyl (C=O) groups is 2. The standard InChI is InChI=1S/C28H34N4O3/c1-21-9-11-23(12-10-21)26-25(20-32(30-26)19-22-7-4-3-5-8-22)28(34)31-16-13-24(14-17-31)27(33)29-15-6-18-35-2/h3-5,7-12,20,24H,6,13-19H2,1-2H3,(H,29,33). The lowest BCUT2D eigenvalue weighted by molar-refractivity contribution is -0.126. The minimum Gasteiger partial charge on any atom is -0.385 e. The molecule has 1 aliphatic heterocycles. The SMILES string of the molecule is COCCCNC(=O)C1CCN(C(=O)c2cn(Cc3ccccc3)nc2-c2ccc(C)cc2)CC1. The third-order valence-corrected chi connectivity index (χ3v) is 6.48. The van der Waals surface area contributed by atoms with Gasteiger partial charge in [0.05, 0.1) is 12.1 Å². The van der Waals surface area contributed by atoms with Crippen molar-refractivity contribution in [2.45, 2.75) is 32.7 Å². The number of aryl methyl sites for hydroxylation is 1. The first-order chi connectivity index (χ1) is 17.0. The number of rotatable bonds is 9. The van der Waals surface area contributed by atoms with Crippen LogP contribution in [-0.2, 0) is 16.1 Å². The highest BCUT2D eigenvalue weighted by Gasteiger charge is 2.30. The summed E-state index contributed by atoms with van der Waals surface area (Å²) in [4.78, 5) is 27.9. The fourth-order valence-corrected chi connectivity index (χ4v) is 4.44. The molecule has 7 heteroatoms. The Morgan fingerprint density at radius 1 is 1.06 bits per heavy atom. The molecule has 0 radical (unpaired) electrons. The predicted molar refractivity (Wildman–Crippen MR) is 136 cm³/mol. The molecule has 0 aliphatic carbocycles. The number of methoxy groups -OCH3 is 1.